The van der Waals surface area contributed by atoms with Gasteiger partial charge in [0, 0.05) is 17.6 Å². The van der Waals surface area contributed by atoms with Crippen LogP contribution < -0.4 is 15.0 Å². The summed E-state index contributed by atoms with van der Waals surface area (Å²) in [6, 6.07) is 18.8. The van der Waals surface area contributed by atoms with Crippen LogP contribution in [0.2, 0.25) is 0 Å². The van der Waals surface area contributed by atoms with Crippen molar-refractivity contribution in [1.82, 2.24) is 9.88 Å². The SMILES string of the molecule is CCc1ccc(N2C(=O)/C(=C/c3cccn3-c3ccc(OC)cc3)C(=O)NC2=S)cc1. The lowest BCUT2D eigenvalue weighted by Gasteiger charge is -2.29. The van der Waals surface area contributed by atoms with E-state index in [1.807, 2.05) is 71.4 Å². The zero-order valence-corrected chi connectivity index (χ0v) is 18.0. The lowest BCUT2D eigenvalue weighted by molar-refractivity contribution is -0.122. The molecule has 156 valence electrons. The monoisotopic (exact) mass is 431 g/mol. The third kappa shape index (κ3) is 4.00. The van der Waals surface area contributed by atoms with E-state index in [2.05, 4.69) is 12.2 Å². The van der Waals surface area contributed by atoms with Crippen molar-refractivity contribution in [1.29, 1.82) is 0 Å². The van der Waals surface area contributed by atoms with Crippen molar-refractivity contribution in [3.05, 3.63) is 83.7 Å². The molecule has 6 nitrogen and oxygen atoms in total. The average Bonchev–Trinajstić information content (AvgIpc) is 3.25. The van der Waals surface area contributed by atoms with Crippen LogP contribution in [0.25, 0.3) is 11.8 Å². The molecule has 0 bridgehead atoms. The number of rotatable bonds is 5. The number of methoxy groups -OCH3 is 1. The molecule has 0 radical (unpaired) electrons. The molecule has 2 heterocycles. The van der Waals surface area contributed by atoms with Crippen LogP contribution in [-0.4, -0.2) is 28.6 Å². The van der Waals surface area contributed by atoms with Crippen LogP contribution >= 0.6 is 12.2 Å². The number of hydrogen-bond donors (Lipinski definition) is 1. The number of carbonyl (C=O) groups excluding carboxylic acids is 2. The summed E-state index contributed by atoms with van der Waals surface area (Å²) < 4.78 is 7.10. The third-order valence-electron chi connectivity index (χ3n) is 5.13. The minimum Gasteiger partial charge on any atom is -0.497 e. The molecule has 3 aromatic rings. The van der Waals surface area contributed by atoms with Gasteiger partial charge in [-0.3, -0.25) is 19.8 Å². The number of nitrogens with zero attached hydrogens (tertiary/aromatic N) is 2. The fourth-order valence-corrected chi connectivity index (χ4v) is 3.69. The number of amides is 2. The van der Waals surface area contributed by atoms with Crippen molar-refractivity contribution < 1.29 is 14.3 Å². The maximum atomic E-state index is 13.2. The summed E-state index contributed by atoms with van der Waals surface area (Å²) in [5, 5.41) is 2.70. The van der Waals surface area contributed by atoms with Gasteiger partial charge in [-0.05, 0) is 78.8 Å². The molecule has 31 heavy (non-hydrogen) atoms. The number of aryl methyl sites for hydroxylation is 1. The number of anilines is 1. The Kier molecular flexibility index (Phi) is 5.68. The molecule has 1 N–H and O–H groups in total. The van der Waals surface area contributed by atoms with Gasteiger partial charge >= 0.3 is 0 Å². The third-order valence-corrected chi connectivity index (χ3v) is 5.41. The molecule has 0 aliphatic carbocycles. The molecule has 0 saturated carbocycles. The smallest absolute Gasteiger partial charge is 0.270 e. The first-order valence-corrected chi connectivity index (χ1v) is 10.2. The largest absolute Gasteiger partial charge is 0.497 e. The van der Waals surface area contributed by atoms with E-state index in [1.165, 1.54) is 4.90 Å². The molecule has 1 aliphatic heterocycles. The maximum absolute atomic E-state index is 13.2. The van der Waals surface area contributed by atoms with Crippen LogP contribution in [0.15, 0.2) is 72.4 Å². The second-order valence-electron chi connectivity index (χ2n) is 6.98. The molecule has 0 spiro atoms. The van der Waals surface area contributed by atoms with E-state index in [4.69, 9.17) is 17.0 Å². The number of aromatic nitrogens is 1. The Balaban J connectivity index is 1.70. The summed E-state index contributed by atoms with van der Waals surface area (Å²) in [7, 11) is 1.61. The standard InChI is InChI=1S/C24H21N3O3S/c1-3-16-6-8-18(9-7-16)27-23(29)21(22(28)25-24(27)31)15-19-5-4-14-26(19)17-10-12-20(30-2)13-11-17/h4-15H,3H2,1-2H3,(H,25,28,31)/b21-15+. The normalized spacial score (nSPS) is 15.4. The molecule has 1 aliphatic rings. The number of ether oxygens (including phenoxy) is 1. The van der Waals surface area contributed by atoms with Crippen molar-refractivity contribution >= 4 is 40.9 Å². The van der Waals surface area contributed by atoms with Gasteiger partial charge in [-0.15, -0.1) is 0 Å². The summed E-state index contributed by atoms with van der Waals surface area (Å²) in [4.78, 5) is 27.2. The summed E-state index contributed by atoms with van der Waals surface area (Å²) >= 11 is 5.28. The van der Waals surface area contributed by atoms with Crippen LogP contribution in [0.5, 0.6) is 5.75 Å². The topological polar surface area (TPSA) is 63.6 Å². The van der Waals surface area contributed by atoms with Gasteiger partial charge in [0.1, 0.15) is 11.3 Å². The lowest BCUT2D eigenvalue weighted by atomic mass is 10.1. The number of carbonyl (C=O) groups is 2. The zero-order valence-electron chi connectivity index (χ0n) is 17.2. The number of thiocarbonyl (C=S) groups is 1. The first kappa shape index (κ1) is 20.6. The first-order valence-electron chi connectivity index (χ1n) is 9.84. The van der Waals surface area contributed by atoms with Gasteiger partial charge in [0.15, 0.2) is 5.11 Å². The summed E-state index contributed by atoms with van der Waals surface area (Å²) in [5.74, 6) is -0.227. The quantitative estimate of drug-likeness (QED) is 0.378. The Bertz CT molecular complexity index is 1180. The molecule has 7 heteroatoms. The zero-order chi connectivity index (χ0) is 22.0. The average molecular weight is 432 g/mol. The molecule has 1 aromatic heterocycles. The second kappa shape index (κ2) is 8.57. The Morgan fingerprint density at radius 1 is 1.00 bits per heavy atom. The molecule has 0 atom stereocenters. The number of benzene rings is 2. The van der Waals surface area contributed by atoms with Crippen molar-refractivity contribution in [3.63, 3.8) is 0 Å². The van der Waals surface area contributed by atoms with E-state index in [1.54, 1.807) is 13.2 Å². The van der Waals surface area contributed by atoms with Crippen LogP contribution in [0.4, 0.5) is 5.69 Å². The van der Waals surface area contributed by atoms with Crippen molar-refractivity contribution in [2.24, 2.45) is 0 Å². The van der Waals surface area contributed by atoms with Crippen molar-refractivity contribution in [3.8, 4) is 11.4 Å². The van der Waals surface area contributed by atoms with E-state index >= 15 is 0 Å². The Labute approximate surface area is 185 Å². The van der Waals surface area contributed by atoms with Crippen molar-refractivity contribution in [2.75, 3.05) is 12.0 Å². The Hall–Kier alpha value is -3.71. The molecule has 2 aromatic carbocycles. The van der Waals surface area contributed by atoms with E-state index in [0.29, 0.717) is 11.4 Å². The number of hydrogen-bond acceptors (Lipinski definition) is 4. The Morgan fingerprint density at radius 3 is 2.32 bits per heavy atom. The fraction of sp³-hybridized carbons (Fsp3) is 0.125. The van der Waals surface area contributed by atoms with Gasteiger partial charge in [-0.2, -0.15) is 0 Å². The molecular formula is C24H21N3O3S. The molecule has 2 amide bonds. The molecule has 1 fully saturated rings. The van der Waals surface area contributed by atoms with Gasteiger partial charge in [0.05, 0.1) is 12.8 Å². The van der Waals surface area contributed by atoms with E-state index in [-0.39, 0.29) is 10.7 Å². The second-order valence-corrected chi connectivity index (χ2v) is 7.37. The van der Waals surface area contributed by atoms with Gasteiger partial charge < -0.3 is 9.30 Å². The summed E-state index contributed by atoms with van der Waals surface area (Å²) in [6.45, 7) is 2.06. The summed E-state index contributed by atoms with van der Waals surface area (Å²) in [6.07, 6.45) is 4.34. The minimum atomic E-state index is -0.515. The van der Waals surface area contributed by atoms with Gasteiger partial charge in [-0.25, -0.2) is 0 Å². The van der Waals surface area contributed by atoms with E-state index in [9.17, 15) is 9.59 Å². The predicted molar refractivity (Wildman–Crippen MR) is 124 cm³/mol. The van der Waals surface area contributed by atoms with Crippen molar-refractivity contribution in [2.45, 2.75) is 13.3 Å². The van der Waals surface area contributed by atoms with Crippen LogP contribution in [-0.2, 0) is 16.0 Å². The van der Waals surface area contributed by atoms with Gasteiger partial charge in [0.25, 0.3) is 11.8 Å². The first-order chi connectivity index (χ1) is 15.0. The van der Waals surface area contributed by atoms with Crippen LogP contribution in [0.1, 0.15) is 18.2 Å². The van der Waals surface area contributed by atoms with Crippen LogP contribution in [0, 0.1) is 0 Å². The highest BCUT2D eigenvalue weighted by molar-refractivity contribution is 7.80. The predicted octanol–water partition coefficient (Wildman–Crippen LogP) is 3.88. The highest BCUT2D eigenvalue weighted by Crippen LogP contribution is 2.24. The van der Waals surface area contributed by atoms with Gasteiger partial charge in [0.2, 0.25) is 0 Å². The maximum Gasteiger partial charge on any atom is 0.270 e. The number of nitrogens with one attached hydrogen (secondary N) is 1. The molecular weight excluding hydrogens is 410 g/mol. The van der Waals surface area contributed by atoms with Crippen LogP contribution in [0.3, 0.4) is 0 Å². The highest BCUT2D eigenvalue weighted by atomic mass is 32.1. The fourth-order valence-electron chi connectivity index (χ4n) is 3.41. The molecule has 0 unspecified atom stereocenters. The van der Waals surface area contributed by atoms with Gasteiger partial charge in [-0.1, -0.05) is 19.1 Å². The highest BCUT2D eigenvalue weighted by Gasteiger charge is 2.34. The summed E-state index contributed by atoms with van der Waals surface area (Å²) in [5.41, 5.74) is 3.35. The Morgan fingerprint density at radius 2 is 1.68 bits per heavy atom. The van der Waals surface area contributed by atoms with E-state index < -0.39 is 11.8 Å². The van der Waals surface area contributed by atoms with E-state index in [0.717, 1.165) is 23.4 Å². The molecule has 1 saturated heterocycles. The molecule has 4 rings (SSSR count). The minimum absolute atomic E-state index is 0.0154. The lowest BCUT2D eigenvalue weighted by Crippen LogP contribution is -2.54.